The summed E-state index contributed by atoms with van der Waals surface area (Å²) in [6.45, 7) is 0. The summed E-state index contributed by atoms with van der Waals surface area (Å²) in [6.07, 6.45) is 4.05. The van der Waals surface area contributed by atoms with Crippen LogP contribution in [0.15, 0.2) is 30.0 Å². The number of hydrogen-bond acceptors (Lipinski definition) is 3. The summed E-state index contributed by atoms with van der Waals surface area (Å²) in [4.78, 5) is 0. The molecule has 0 N–H and O–H groups in total. The first-order valence-electron chi connectivity index (χ1n) is 6.69. The molecule has 2 aromatic rings. The van der Waals surface area contributed by atoms with Crippen LogP contribution in [-0.2, 0) is 11.2 Å². The Kier molecular flexibility index (Phi) is 3.26. The van der Waals surface area contributed by atoms with Crippen LogP contribution in [0.5, 0.6) is 11.5 Å². The van der Waals surface area contributed by atoms with Crippen molar-refractivity contribution in [3.8, 4) is 11.5 Å². The van der Waals surface area contributed by atoms with E-state index >= 15 is 0 Å². The standard InChI is InChI=1S/C17H18O3/c1-18-13-8-6-11-4-5-12-7-9-15(19-2)17(20-3)16(12)14(11)10-13/h4-5,7,9-10H,6,8H2,1-3H3. The molecular formula is C17H18O3. The highest BCUT2D eigenvalue weighted by Gasteiger charge is 2.18. The first-order chi connectivity index (χ1) is 9.78. The van der Waals surface area contributed by atoms with E-state index in [1.807, 2.05) is 6.07 Å². The zero-order valence-corrected chi connectivity index (χ0v) is 12.0. The van der Waals surface area contributed by atoms with Crippen molar-refractivity contribution in [1.82, 2.24) is 0 Å². The molecule has 0 spiro atoms. The topological polar surface area (TPSA) is 27.7 Å². The molecule has 0 fully saturated rings. The highest BCUT2D eigenvalue weighted by molar-refractivity contribution is 5.99. The molecule has 0 atom stereocenters. The van der Waals surface area contributed by atoms with Crippen LogP contribution in [0.3, 0.4) is 0 Å². The van der Waals surface area contributed by atoms with Crippen molar-refractivity contribution in [1.29, 1.82) is 0 Å². The molecule has 0 heterocycles. The molecule has 0 radical (unpaired) electrons. The van der Waals surface area contributed by atoms with Gasteiger partial charge in [-0.05, 0) is 35.1 Å². The molecule has 1 aliphatic carbocycles. The normalized spacial score (nSPS) is 13.7. The van der Waals surface area contributed by atoms with Gasteiger partial charge in [0.1, 0.15) is 0 Å². The van der Waals surface area contributed by atoms with Gasteiger partial charge in [-0.1, -0.05) is 18.2 Å². The van der Waals surface area contributed by atoms with Crippen LogP contribution < -0.4 is 9.47 Å². The summed E-state index contributed by atoms with van der Waals surface area (Å²) in [5.41, 5.74) is 2.51. The lowest BCUT2D eigenvalue weighted by Gasteiger charge is -2.20. The van der Waals surface area contributed by atoms with E-state index < -0.39 is 0 Å². The molecule has 3 heteroatoms. The van der Waals surface area contributed by atoms with Gasteiger partial charge in [-0.25, -0.2) is 0 Å². The fourth-order valence-corrected chi connectivity index (χ4v) is 2.83. The van der Waals surface area contributed by atoms with E-state index in [2.05, 4.69) is 24.3 Å². The van der Waals surface area contributed by atoms with Gasteiger partial charge in [0.05, 0.1) is 27.1 Å². The Morgan fingerprint density at radius 2 is 1.65 bits per heavy atom. The van der Waals surface area contributed by atoms with Crippen LogP contribution in [0.2, 0.25) is 0 Å². The monoisotopic (exact) mass is 270 g/mol. The molecule has 104 valence electrons. The minimum atomic E-state index is 0.756. The van der Waals surface area contributed by atoms with Crippen molar-refractivity contribution in [2.75, 3.05) is 21.3 Å². The second-order valence-corrected chi connectivity index (χ2v) is 4.85. The first kappa shape index (κ1) is 12.9. The molecular weight excluding hydrogens is 252 g/mol. The summed E-state index contributed by atoms with van der Waals surface area (Å²) in [5.74, 6) is 2.55. The van der Waals surface area contributed by atoms with E-state index in [9.17, 15) is 0 Å². The lowest BCUT2D eigenvalue weighted by atomic mass is 9.91. The second-order valence-electron chi connectivity index (χ2n) is 4.85. The van der Waals surface area contributed by atoms with Crippen molar-refractivity contribution >= 4 is 16.8 Å². The van der Waals surface area contributed by atoms with Crippen molar-refractivity contribution in [2.24, 2.45) is 0 Å². The molecule has 0 saturated carbocycles. The largest absolute Gasteiger partial charge is 0.501 e. The van der Waals surface area contributed by atoms with Crippen LogP contribution in [0.25, 0.3) is 16.8 Å². The average molecular weight is 270 g/mol. The van der Waals surface area contributed by atoms with Crippen molar-refractivity contribution in [3.63, 3.8) is 0 Å². The number of hydrogen-bond donors (Lipinski definition) is 0. The molecule has 1 aliphatic rings. The van der Waals surface area contributed by atoms with Crippen molar-refractivity contribution in [3.05, 3.63) is 41.2 Å². The third-order valence-corrected chi connectivity index (χ3v) is 3.87. The molecule has 0 aliphatic heterocycles. The van der Waals surface area contributed by atoms with E-state index in [4.69, 9.17) is 14.2 Å². The molecule has 0 amide bonds. The van der Waals surface area contributed by atoms with E-state index in [0.717, 1.165) is 40.9 Å². The zero-order chi connectivity index (χ0) is 14.1. The van der Waals surface area contributed by atoms with Gasteiger partial charge in [-0.2, -0.15) is 0 Å². The fraction of sp³-hybridized carbons (Fsp3) is 0.294. The Morgan fingerprint density at radius 1 is 0.850 bits per heavy atom. The number of methoxy groups -OCH3 is 3. The number of allylic oxidation sites excluding steroid dienone is 1. The third-order valence-electron chi connectivity index (χ3n) is 3.87. The maximum atomic E-state index is 5.59. The molecule has 0 saturated heterocycles. The predicted octanol–water partition coefficient (Wildman–Crippen LogP) is 3.79. The Morgan fingerprint density at radius 3 is 2.35 bits per heavy atom. The number of ether oxygens (including phenoxy) is 3. The lowest BCUT2D eigenvalue weighted by molar-refractivity contribution is 0.280. The highest BCUT2D eigenvalue weighted by atomic mass is 16.5. The van der Waals surface area contributed by atoms with Gasteiger partial charge in [0.25, 0.3) is 0 Å². The molecule has 0 unspecified atom stereocenters. The van der Waals surface area contributed by atoms with Crippen LogP contribution in [0.4, 0.5) is 0 Å². The van der Waals surface area contributed by atoms with E-state index in [1.165, 1.54) is 11.1 Å². The number of rotatable bonds is 3. The lowest BCUT2D eigenvalue weighted by Crippen LogP contribution is -2.02. The molecule has 3 rings (SSSR count). The maximum Gasteiger partial charge on any atom is 0.169 e. The number of benzene rings is 2. The molecule has 0 bridgehead atoms. The van der Waals surface area contributed by atoms with Crippen molar-refractivity contribution < 1.29 is 14.2 Å². The fourth-order valence-electron chi connectivity index (χ4n) is 2.83. The van der Waals surface area contributed by atoms with Gasteiger partial charge < -0.3 is 14.2 Å². The van der Waals surface area contributed by atoms with Crippen LogP contribution in [-0.4, -0.2) is 21.3 Å². The van der Waals surface area contributed by atoms with Crippen LogP contribution in [0.1, 0.15) is 17.5 Å². The van der Waals surface area contributed by atoms with E-state index in [1.54, 1.807) is 21.3 Å². The van der Waals surface area contributed by atoms with Gasteiger partial charge in [0.2, 0.25) is 0 Å². The summed E-state index contributed by atoms with van der Waals surface area (Å²) in [7, 11) is 5.07. The van der Waals surface area contributed by atoms with Gasteiger partial charge in [0.15, 0.2) is 11.5 Å². The van der Waals surface area contributed by atoms with Gasteiger partial charge >= 0.3 is 0 Å². The maximum absolute atomic E-state index is 5.59. The summed E-state index contributed by atoms with van der Waals surface area (Å²) >= 11 is 0. The van der Waals surface area contributed by atoms with Crippen LogP contribution >= 0.6 is 0 Å². The Hall–Kier alpha value is -2.16. The van der Waals surface area contributed by atoms with Gasteiger partial charge in [0, 0.05) is 11.8 Å². The summed E-state index contributed by atoms with van der Waals surface area (Å²) in [6, 6.07) is 8.33. The number of fused-ring (bicyclic) bond motifs is 3. The first-order valence-corrected chi connectivity index (χ1v) is 6.69. The second kappa shape index (κ2) is 5.08. The summed E-state index contributed by atoms with van der Waals surface area (Å²) < 4.78 is 16.4. The van der Waals surface area contributed by atoms with Crippen LogP contribution in [0, 0.1) is 0 Å². The Balaban J connectivity index is 2.36. The van der Waals surface area contributed by atoms with Gasteiger partial charge in [-0.15, -0.1) is 0 Å². The smallest absolute Gasteiger partial charge is 0.169 e. The number of aryl methyl sites for hydroxylation is 1. The molecule has 20 heavy (non-hydrogen) atoms. The molecule has 0 aromatic heterocycles. The SMILES string of the molecule is COC1=Cc2c(ccc3ccc(OC)c(OC)c23)CC1. The highest BCUT2D eigenvalue weighted by Crippen LogP contribution is 2.41. The minimum Gasteiger partial charge on any atom is -0.501 e. The van der Waals surface area contributed by atoms with E-state index in [0.29, 0.717) is 0 Å². The zero-order valence-electron chi connectivity index (χ0n) is 12.0. The quantitative estimate of drug-likeness (QED) is 0.849. The van der Waals surface area contributed by atoms with E-state index in [-0.39, 0.29) is 0 Å². The summed E-state index contributed by atoms with van der Waals surface area (Å²) in [5, 5.41) is 2.24. The Bertz CT molecular complexity index is 686. The third kappa shape index (κ3) is 1.90. The Labute approximate surface area is 118 Å². The minimum absolute atomic E-state index is 0.756. The van der Waals surface area contributed by atoms with Crippen molar-refractivity contribution in [2.45, 2.75) is 12.8 Å². The predicted molar refractivity (Wildman–Crippen MR) is 80.4 cm³/mol. The average Bonchev–Trinajstić information content (AvgIpc) is 2.52. The van der Waals surface area contributed by atoms with Gasteiger partial charge in [-0.3, -0.25) is 0 Å². The molecule has 3 nitrogen and oxygen atoms in total. The molecule has 2 aromatic carbocycles.